The van der Waals surface area contributed by atoms with E-state index in [0.29, 0.717) is 118 Å². The first-order chi connectivity index (χ1) is 54.8. The van der Waals surface area contributed by atoms with Gasteiger partial charge in [-0.3, -0.25) is 82.5 Å². The predicted molar refractivity (Wildman–Crippen MR) is 408 cm³/mol. The van der Waals surface area contributed by atoms with Crippen molar-refractivity contribution < 1.29 is 86.0 Å². The number of pyridine rings is 2. The lowest BCUT2D eigenvalue weighted by molar-refractivity contribution is -0.138. The Balaban J connectivity index is 0.000000183. The molecule has 0 spiro atoms. The molecule has 6 aromatic carbocycles. The van der Waals surface area contributed by atoms with Crippen molar-refractivity contribution >= 4 is 104 Å². The molecule has 2 saturated heterocycles. The lowest BCUT2D eigenvalue weighted by Crippen LogP contribution is -2.52. The molecule has 2 atom stereocenters. The van der Waals surface area contributed by atoms with Gasteiger partial charge in [-0.05, 0) is 153 Å². The highest BCUT2D eigenvalue weighted by molar-refractivity contribution is 6.11. The maximum Gasteiger partial charge on any atom is 0.307 e. The van der Waals surface area contributed by atoms with Gasteiger partial charge in [-0.2, -0.15) is 0 Å². The molecule has 590 valence electrons. The van der Waals surface area contributed by atoms with Gasteiger partial charge < -0.3 is 52.5 Å². The SMILES string of the molecule is CNc1c(C(=O)NC2CC2)cnc2cc(F)c(-c3ccc(C(=O)NCCCCCC(=O)Cc4cccc5c4CN(C4CCC(=O)NC4=O)C5=O)c(F)c3)cc12.CNc1c(C(=O)NC2CC2)cnc2cc(F)c(-c3ccc(C(=O)NCCCCN)c(F)c3)cc12.O=C(O)Cc1cccc2c1CN(C1CCC(=O)NC1=O)C2=O.[2H]CF. The van der Waals surface area contributed by atoms with Crippen molar-refractivity contribution in [1.29, 1.82) is 0 Å². The first-order valence-electron chi connectivity index (χ1n) is 37.7. The number of carbonyl (C=O) groups is 12. The Morgan fingerprint density at radius 3 is 1.36 bits per heavy atom. The van der Waals surface area contributed by atoms with Crippen molar-refractivity contribution in [2.75, 3.05) is 51.5 Å². The molecule has 2 aliphatic carbocycles. The molecule has 11 N–H and O–H groups in total. The molecule has 0 radical (unpaired) electrons. The summed E-state index contributed by atoms with van der Waals surface area (Å²) in [6.45, 7) is 1.57. The molecule has 14 rings (SSSR count). The van der Waals surface area contributed by atoms with Gasteiger partial charge in [0.1, 0.15) is 41.1 Å². The van der Waals surface area contributed by atoms with E-state index in [-0.39, 0.29) is 138 Å². The molecule has 6 heterocycles. The van der Waals surface area contributed by atoms with Crippen LogP contribution in [0.1, 0.15) is 176 Å². The second-order valence-corrected chi connectivity index (χ2v) is 28.0. The van der Waals surface area contributed by atoms with Gasteiger partial charge in [0.05, 0.1) is 59.6 Å². The number of unbranched alkanes of at least 4 members (excludes halogenated alkanes) is 3. The number of hydrogen-bond acceptors (Lipinski definition) is 17. The third-order valence-electron chi connectivity index (χ3n) is 20.2. The highest BCUT2D eigenvalue weighted by Gasteiger charge is 2.42. The smallest absolute Gasteiger partial charge is 0.307 e. The summed E-state index contributed by atoms with van der Waals surface area (Å²) in [7, 11) is 2.33. The largest absolute Gasteiger partial charge is 0.481 e. The number of carboxylic acids is 1. The average Bonchev–Trinajstić information content (AvgIpc) is 1.58. The van der Waals surface area contributed by atoms with Crippen LogP contribution in [-0.4, -0.2) is 161 Å². The number of imide groups is 2. The standard InChI is InChI=1S/C41H40F2N6O6.C25H27F2N5O2.C15H14N2O5.CH3F/c1-44-37-29-18-28(33(43)19-34(29)46-20-30(37)39(53)47-24-10-11-24)23-9-12-27(32(42)17-23)38(52)45-15-4-2-3-7-25(50)16-22-6-5-8-26-31(22)21-49(41(26)55)35-13-14-36(51)48-40(35)54;1-29-23-18-11-17(14-4-7-16(20(26)10-14)24(33)30-9-3-2-8-28)21(27)12-22(18)31-13-19(23)25(34)32-15-5-6-15;18-12-5-4-11(14(21)16-12)17-7-10-8(6-13(19)20)2-1-3-9(10)15(17)22;1-2/h5-6,8-9,12,17-20,24,35H,2-4,7,10-11,13-16,21H2,1H3,(H,44,46)(H,45,52)(H,47,53)(H,48,51,54);4,7,10-13,15H,2-3,5-6,8-9,28H2,1H3,(H,29,31)(H,30,33)(H,32,34);1-3,11H,4-7H2,(H,19,20)(H,16,18,21);1H3/i;;;1D. The molecule has 4 aliphatic heterocycles. The number of aromatic nitrogens is 2. The van der Waals surface area contributed by atoms with Crippen molar-refractivity contribution in [3.63, 3.8) is 0 Å². The minimum Gasteiger partial charge on any atom is -0.481 e. The van der Waals surface area contributed by atoms with Crippen molar-refractivity contribution in [1.82, 2.24) is 51.7 Å². The summed E-state index contributed by atoms with van der Waals surface area (Å²) in [5.41, 5.74) is 11.8. The van der Waals surface area contributed by atoms with E-state index in [4.69, 9.17) is 12.2 Å². The number of nitrogens with one attached hydrogen (secondary N) is 8. The molecule has 4 fully saturated rings. The van der Waals surface area contributed by atoms with Gasteiger partial charge in [0.15, 0.2) is 0 Å². The number of alkyl halides is 1. The predicted octanol–water partition coefficient (Wildman–Crippen LogP) is 9.22. The van der Waals surface area contributed by atoms with Crippen LogP contribution < -0.4 is 48.3 Å². The Hall–Kier alpha value is -12.4. The molecule has 10 amide bonds. The van der Waals surface area contributed by atoms with Crippen LogP contribution in [0.25, 0.3) is 44.1 Å². The summed E-state index contributed by atoms with van der Waals surface area (Å²) in [6, 6.07) is 22.4. The van der Waals surface area contributed by atoms with E-state index in [1.165, 1.54) is 64.7 Å². The van der Waals surface area contributed by atoms with Crippen molar-refractivity contribution in [3.8, 4) is 22.3 Å². The number of nitrogens with two attached hydrogens (primary N) is 1. The number of fused-ring (bicyclic) bond motifs is 4. The molecule has 8 aromatic rings. The van der Waals surface area contributed by atoms with Gasteiger partial charge >= 0.3 is 5.97 Å². The zero-order chi connectivity index (χ0) is 81.6. The van der Waals surface area contributed by atoms with E-state index in [9.17, 15) is 70.7 Å². The number of amides is 10. The minimum atomic E-state index is -1.00. The molecule has 2 aromatic heterocycles. The number of benzene rings is 6. The van der Waals surface area contributed by atoms with Gasteiger partial charge in [-0.25, -0.2) is 17.6 Å². The number of Topliss-reactive ketones (excluding diaryl/α,β-unsaturated/α-hetero) is 1. The third kappa shape index (κ3) is 19.1. The quantitative estimate of drug-likeness (QED) is 0.0137. The molecule has 31 heteroatoms. The summed E-state index contributed by atoms with van der Waals surface area (Å²) in [6.07, 6.45) is 11.0. The van der Waals surface area contributed by atoms with Crippen LogP contribution in [0, 0.1) is 23.3 Å². The number of hydrogen-bond donors (Lipinski definition) is 10. The molecule has 113 heavy (non-hydrogen) atoms. The second-order valence-electron chi connectivity index (χ2n) is 28.0. The van der Waals surface area contributed by atoms with Crippen LogP contribution in [0.2, 0.25) is 0 Å². The third-order valence-corrected chi connectivity index (χ3v) is 20.2. The van der Waals surface area contributed by atoms with Gasteiger partial charge in [0.2, 0.25) is 23.6 Å². The van der Waals surface area contributed by atoms with E-state index in [0.717, 1.165) is 55.4 Å². The van der Waals surface area contributed by atoms with Crippen LogP contribution in [0.5, 0.6) is 0 Å². The highest BCUT2D eigenvalue weighted by atomic mass is 19.1. The number of piperidine rings is 2. The van der Waals surface area contributed by atoms with Gasteiger partial charge in [0.25, 0.3) is 35.4 Å². The van der Waals surface area contributed by atoms with Crippen LogP contribution >= 0.6 is 0 Å². The van der Waals surface area contributed by atoms with E-state index >= 15 is 8.78 Å². The van der Waals surface area contributed by atoms with Crippen molar-refractivity contribution in [2.45, 2.75) is 140 Å². The molecular weight excluding hydrogens is 1470 g/mol. The fourth-order valence-corrected chi connectivity index (χ4v) is 14.0. The maximum absolute atomic E-state index is 15.3. The Labute approximate surface area is 646 Å². The van der Waals surface area contributed by atoms with E-state index in [2.05, 4.69) is 52.5 Å². The van der Waals surface area contributed by atoms with E-state index < -0.39 is 72.1 Å². The lowest BCUT2D eigenvalue weighted by atomic mass is 9.97. The molecule has 6 aliphatic rings. The zero-order valence-corrected chi connectivity index (χ0v) is 61.9. The van der Waals surface area contributed by atoms with Crippen LogP contribution in [0.15, 0.2) is 109 Å². The molecule has 26 nitrogen and oxygen atoms in total. The lowest BCUT2D eigenvalue weighted by Gasteiger charge is -2.29. The first kappa shape index (κ1) is 80.1. The summed E-state index contributed by atoms with van der Waals surface area (Å²) in [4.78, 5) is 158. The van der Waals surface area contributed by atoms with Crippen LogP contribution in [0.4, 0.5) is 33.3 Å². The van der Waals surface area contributed by atoms with Gasteiger partial charge in [-0.15, -0.1) is 0 Å². The number of nitrogens with zero attached hydrogens (tertiary/aromatic N) is 4. The van der Waals surface area contributed by atoms with Crippen molar-refractivity contribution in [3.05, 3.63) is 188 Å². The molecule has 2 saturated carbocycles. The minimum absolute atomic E-state index is 0.00712. The number of carbonyl (C=O) groups excluding carboxylic acids is 11. The summed E-state index contributed by atoms with van der Waals surface area (Å²) in [5.74, 6) is -7.70. The topological polar surface area (TPSA) is 380 Å². The van der Waals surface area contributed by atoms with E-state index in [1.54, 1.807) is 50.5 Å². The molecule has 0 bridgehead atoms. The molecular formula is C82H84F5N13O13. The Bertz CT molecular complexity index is 5160. The number of rotatable bonds is 26. The van der Waals surface area contributed by atoms with Gasteiger partial charge in [-0.1, -0.05) is 42.8 Å². The number of anilines is 2. The van der Waals surface area contributed by atoms with E-state index in [1.807, 2.05) is 6.07 Å². The van der Waals surface area contributed by atoms with Crippen LogP contribution in [-0.2, 0) is 54.7 Å². The number of aliphatic carboxylic acids is 1. The fraction of sp³-hybridized carbons (Fsp3) is 0.341. The normalized spacial score (nSPS) is 16.2. The number of halogens is 5. The number of ketones is 1. The zero-order valence-electron chi connectivity index (χ0n) is 62.9. The van der Waals surface area contributed by atoms with Crippen LogP contribution in [0.3, 0.4) is 0 Å². The first-order valence-corrected chi connectivity index (χ1v) is 37.0. The fourth-order valence-electron chi connectivity index (χ4n) is 14.0. The number of carboxylic acid groups (broad SMARTS) is 1. The maximum atomic E-state index is 15.3. The van der Waals surface area contributed by atoms with Crippen molar-refractivity contribution in [2.24, 2.45) is 5.73 Å². The Kier molecular flexibility index (Phi) is 26.0. The van der Waals surface area contributed by atoms with Gasteiger partial charge in [0, 0.05) is 136 Å². The second kappa shape index (κ2) is 36.6. The Morgan fingerprint density at radius 1 is 0.531 bits per heavy atom. The average molecular weight is 1560 g/mol. The molecule has 2 unspecified atom stereocenters. The summed E-state index contributed by atoms with van der Waals surface area (Å²) >= 11 is 0. The summed E-state index contributed by atoms with van der Waals surface area (Å²) in [5, 5.41) is 31.8. The highest BCUT2D eigenvalue weighted by Crippen LogP contribution is 2.38. The monoisotopic (exact) mass is 1550 g/mol. The summed E-state index contributed by atoms with van der Waals surface area (Å²) < 4.78 is 75.8. The Morgan fingerprint density at radius 2 is 0.965 bits per heavy atom.